The van der Waals surface area contributed by atoms with E-state index in [-0.39, 0.29) is 0 Å². The molecule has 78 valence electrons. The molecule has 0 radical (unpaired) electrons. The monoisotopic (exact) mass is 194 g/mol. The third-order valence-electron chi connectivity index (χ3n) is 2.35. The zero-order valence-corrected chi connectivity index (χ0v) is 7.11. The standard InChI is InChI=1S/C7H14O6/c1-13-7-5(11)3(9)2(8)4(10)6(7)12/h2-12H,1H3/t2?,3-,4?,5?,6+,7?/m0/s1. The van der Waals surface area contributed by atoms with Crippen molar-refractivity contribution in [2.45, 2.75) is 36.6 Å². The quantitative estimate of drug-likeness (QED) is 0.301. The minimum absolute atomic E-state index is 1.09. The lowest BCUT2D eigenvalue weighted by Crippen LogP contribution is -2.64. The van der Waals surface area contributed by atoms with Crippen LogP contribution in [0.15, 0.2) is 0 Å². The Morgan fingerprint density at radius 2 is 1.00 bits per heavy atom. The van der Waals surface area contributed by atoms with Crippen molar-refractivity contribution in [3.63, 3.8) is 0 Å². The fourth-order valence-corrected chi connectivity index (χ4v) is 1.48. The van der Waals surface area contributed by atoms with Crippen LogP contribution in [-0.4, -0.2) is 69.3 Å². The maximum atomic E-state index is 9.29. The molecule has 0 aromatic rings. The molecule has 5 N–H and O–H groups in total. The molecule has 6 heteroatoms. The van der Waals surface area contributed by atoms with Crippen molar-refractivity contribution < 1.29 is 30.3 Å². The van der Waals surface area contributed by atoms with Gasteiger partial charge in [-0.3, -0.25) is 0 Å². The molecule has 1 fully saturated rings. The first kappa shape index (κ1) is 10.8. The zero-order chi connectivity index (χ0) is 10.2. The van der Waals surface area contributed by atoms with Gasteiger partial charge in [-0.05, 0) is 0 Å². The van der Waals surface area contributed by atoms with Crippen LogP contribution in [0.1, 0.15) is 0 Å². The van der Waals surface area contributed by atoms with Crippen molar-refractivity contribution in [1.82, 2.24) is 0 Å². The van der Waals surface area contributed by atoms with Crippen LogP contribution in [-0.2, 0) is 4.74 Å². The summed E-state index contributed by atoms with van der Waals surface area (Å²) in [7, 11) is 1.23. The molecule has 0 aliphatic heterocycles. The van der Waals surface area contributed by atoms with E-state index in [9.17, 15) is 20.4 Å². The topological polar surface area (TPSA) is 110 Å². The summed E-state index contributed by atoms with van der Waals surface area (Å²) >= 11 is 0. The largest absolute Gasteiger partial charge is 0.387 e. The third kappa shape index (κ3) is 1.69. The first-order valence-electron chi connectivity index (χ1n) is 3.93. The van der Waals surface area contributed by atoms with Crippen LogP contribution in [0.4, 0.5) is 0 Å². The molecule has 6 atom stereocenters. The van der Waals surface area contributed by atoms with Gasteiger partial charge in [0.1, 0.15) is 36.6 Å². The Balaban J connectivity index is 2.79. The Hall–Kier alpha value is -0.240. The van der Waals surface area contributed by atoms with Crippen LogP contribution >= 0.6 is 0 Å². The molecule has 13 heavy (non-hydrogen) atoms. The minimum atomic E-state index is -1.56. The van der Waals surface area contributed by atoms with Gasteiger partial charge in [0, 0.05) is 7.11 Å². The molecule has 0 aromatic carbocycles. The van der Waals surface area contributed by atoms with E-state index in [1.165, 1.54) is 7.11 Å². The van der Waals surface area contributed by atoms with Crippen molar-refractivity contribution in [2.24, 2.45) is 0 Å². The number of aliphatic hydroxyl groups is 5. The zero-order valence-electron chi connectivity index (χ0n) is 7.11. The summed E-state index contributed by atoms with van der Waals surface area (Å²) in [6.07, 6.45) is -8.48. The average molecular weight is 194 g/mol. The van der Waals surface area contributed by atoms with Crippen LogP contribution in [0, 0.1) is 0 Å². The summed E-state index contributed by atoms with van der Waals surface area (Å²) in [4.78, 5) is 0. The van der Waals surface area contributed by atoms with Gasteiger partial charge >= 0.3 is 0 Å². The van der Waals surface area contributed by atoms with Gasteiger partial charge < -0.3 is 30.3 Å². The van der Waals surface area contributed by atoms with Crippen molar-refractivity contribution in [3.8, 4) is 0 Å². The van der Waals surface area contributed by atoms with Gasteiger partial charge in [-0.25, -0.2) is 0 Å². The maximum absolute atomic E-state index is 9.29. The highest BCUT2D eigenvalue weighted by Crippen LogP contribution is 2.23. The summed E-state index contributed by atoms with van der Waals surface area (Å²) < 4.78 is 4.67. The second-order valence-electron chi connectivity index (χ2n) is 3.15. The summed E-state index contributed by atoms with van der Waals surface area (Å²) in [6, 6.07) is 0. The number of rotatable bonds is 1. The van der Waals surface area contributed by atoms with Gasteiger partial charge in [-0.15, -0.1) is 0 Å². The van der Waals surface area contributed by atoms with E-state index in [4.69, 9.17) is 5.11 Å². The highest BCUT2D eigenvalue weighted by atomic mass is 16.5. The van der Waals surface area contributed by atoms with Gasteiger partial charge in [-0.2, -0.15) is 0 Å². The molecule has 1 saturated carbocycles. The molecule has 0 saturated heterocycles. The fraction of sp³-hybridized carbons (Fsp3) is 1.00. The Bertz CT molecular complexity index is 158. The molecule has 0 amide bonds. The Kier molecular flexibility index (Phi) is 3.23. The fourth-order valence-electron chi connectivity index (χ4n) is 1.48. The first-order chi connectivity index (χ1) is 6.00. The lowest BCUT2D eigenvalue weighted by Gasteiger charge is -2.40. The van der Waals surface area contributed by atoms with E-state index in [0.717, 1.165) is 0 Å². The Labute approximate surface area is 75.0 Å². The summed E-state index contributed by atoms with van der Waals surface area (Å²) in [5.41, 5.74) is 0. The van der Waals surface area contributed by atoms with Crippen LogP contribution in [0.5, 0.6) is 0 Å². The van der Waals surface area contributed by atoms with Gasteiger partial charge in [0.2, 0.25) is 0 Å². The summed E-state index contributed by atoms with van der Waals surface area (Å²) in [5.74, 6) is 0. The van der Waals surface area contributed by atoms with E-state index >= 15 is 0 Å². The molecule has 0 aromatic heterocycles. The molecular weight excluding hydrogens is 180 g/mol. The van der Waals surface area contributed by atoms with Crippen molar-refractivity contribution in [2.75, 3.05) is 7.11 Å². The average Bonchev–Trinajstić information content (AvgIpc) is 2.13. The molecule has 4 unspecified atom stereocenters. The van der Waals surface area contributed by atoms with E-state index in [2.05, 4.69) is 4.74 Å². The molecule has 6 nitrogen and oxygen atoms in total. The third-order valence-corrected chi connectivity index (χ3v) is 2.35. The van der Waals surface area contributed by atoms with E-state index in [1.807, 2.05) is 0 Å². The number of hydrogen-bond acceptors (Lipinski definition) is 6. The van der Waals surface area contributed by atoms with Gasteiger partial charge in [0.05, 0.1) is 0 Å². The predicted molar refractivity (Wildman–Crippen MR) is 40.8 cm³/mol. The molecule has 1 rings (SSSR count). The SMILES string of the molecule is COC1C(O)[C@@H](O)C(O)C(O)[C@H]1O. The van der Waals surface area contributed by atoms with Crippen molar-refractivity contribution >= 4 is 0 Å². The molecule has 0 spiro atoms. The van der Waals surface area contributed by atoms with Crippen molar-refractivity contribution in [1.29, 1.82) is 0 Å². The lowest BCUT2D eigenvalue weighted by molar-refractivity contribution is -0.229. The lowest BCUT2D eigenvalue weighted by atomic mass is 9.85. The number of ether oxygens (including phenoxy) is 1. The molecule has 0 heterocycles. The normalized spacial score (nSPS) is 52.2. The van der Waals surface area contributed by atoms with E-state index in [1.54, 1.807) is 0 Å². The number of aliphatic hydroxyl groups excluding tert-OH is 5. The van der Waals surface area contributed by atoms with Gasteiger partial charge in [-0.1, -0.05) is 0 Å². The smallest absolute Gasteiger partial charge is 0.114 e. The van der Waals surface area contributed by atoms with Crippen LogP contribution < -0.4 is 0 Å². The molecular formula is C7H14O6. The molecule has 1 aliphatic carbocycles. The minimum Gasteiger partial charge on any atom is -0.387 e. The van der Waals surface area contributed by atoms with Crippen LogP contribution in [0.2, 0.25) is 0 Å². The predicted octanol–water partition coefficient (Wildman–Crippen LogP) is -3.18. The Morgan fingerprint density at radius 1 is 0.692 bits per heavy atom. The van der Waals surface area contributed by atoms with Gasteiger partial charge in [0.15, 0.2) is 0 Å². The number of methoxy groups -OCH3 is 1. The van der Waals surface area contributed by atoms with E-state index < -0.39 is 36.6 Å². The van der Waals surface area contributed by atoms with E-state index in [0.29, 0.717) is 0 Å². The highest BCUT2D eigenvalue weighted by molar-refractivity contribution is 4.99. The second-order valence-corrected chi connectivity index (χ2v) is 3.15. The van der Waals surface area contributed by atoms with Crippen LogP contribution in [0.25, 0.3) is 0 Å². The molecule has 1 aliphatic rings. The highest BCUT2D eigenvalue weighted by Gasteiger charge is 2.48. The molecule has 0 bridgehead atoms. The first-order valence-corrected chi connectivity index (χ1v) is 3.93. The summed E-state index contributed by atoms with van der Waals surface area (Å²) in [5, 5.41) is 46.1. The van der Waals surface area contributed by atoms with Crippen LogP contribution in [0.3, 0.4) is 0 Å². The number of hydrogen-bond donors (Lipinski definition) is 5. The maximum Gasteiger partial charge on any atom is 0.114 e. The van der Waals surface area contributed by atoms with Gasteiger partial charge in [0.25, 0.3) is 0 Å². The summed E-state index contributed by atoms with van der Waals surface area (Å²) in [6.45, 7) is 0. The van der Waals surface area contributed by atoms with Crippen molar-refractivity contribution in [3.05, 3.63) is 0 Å². The Morgan fingerprint density at radius 3 is 1.31 bits per heavy atom. The second kappa shape index (κ2) is 3.87.